The number of nitrogens with one attached hydrogen (secondary N) is 2. The van der Waals surface area contributed by atoms with Crippen LogP contribution in [0.25, 0.3) is 0 Å². The predicted molar refractivity (Wildman–Crippen MR) is 118 cm³/mol. The van der Waals surface area contributed by atoms with Crippen LogP contribution in [0.4, 0.5) is 15.8 Å². The van der Waals surface area contributed by atoms with Gasteiger partial charge >= 0.3 is 0 Å². The largest absolute Gasteiger partial charge is 0.490 e. The van der Waals surface area contributed by atoms with Crippen LogP contribution >= 0.6 is 0 Å². The fourth-order valence-electron chi connectivity index (χ4n) is 3.75. The molecule has 0 radical (unpaired) electrons. The highest BCUT2D eigenvalue weighted by molar-refractivity contribution is 7.89. The molecule has 2 aliphatic rings. The Hall–Kier alpha value is -2.85. The third kappa shape index (κ3) is 5.13. The fraction of sp³-hybridized carbons (Fsp3) is 0.409. The first kappa shape index (κ1) is 22.3. The van der Waals surface area contributed by atoms with E-state index in [4.69, 9.17) is 9.47 Å². The van der Waals surface area contributed by atoms with E-state index in [9.17, 15) is 17.6 Å². The number of carbonyl (C=O) groups excluding carboxylic acids is 1. The summed E-state index contributed by atoms with van der Waals surface area (Å²) in [5.74, 6) is -0.121. The molecule has 0 atom stereocenters. The van der Waals surface area contributed by atoms with E-state index in [1.54, 1.807) is 18.2 Å². The van der Waals surface area contributed by atoms with Gasteiger partial charge in [0.1, 0.15) is 11.5 Å². The summed E-state index contributed by atoms with van der Waals surface area (Å²) >= 11 is 0. The number of halogens is 1. The van der Waals surface area contributed by atoms with E-state index in [1.807, 2.05) is 4.90 Å². The third-order valence-electron chi connectivity index (χ3n) is 5.38. The van der Waals surface area contributed by atoms with Crippen molar-refractivity contribution in [1.29, 1.82) is 0 Å². The summed E-state index contributed by atoms with van der Waals surface area (Å²) in [6.07, 6.45) is 2.61. The van der Waals surface area contributed by atoms with Crippen LogP contribution in [-0.4, -0.2) is 47.2 Å². The Labute approximate surface area is 186 Å². The van der Waals surface area contributed by atoms with Gasteiger partial charge in [0.05, 0.1) is 23.8 Å². The summed E-state index contributed by atoms with van der Waals surface area (Å²) in [5, 5.41) is 2.60. The summed E-state index contributed by atoms with van der Waals surface area (Å²) in [5.41, 5.74) is 0.772. The highest BCUT2D eigenvalue weighted by Crippen LogP contribution is 2.32. The van der Waals surface area contributed by atoms with E-state index in [1.165, 1.54) is 18.2 Å². The van der Waals surface area contributed by atoms with Gasteiger partial charge in [0.2, 0.25) is 15.9 Å². The molecule has 1 amide bonds. The van der Waals surface area contributed by atoms with Crippen LogP contribution in [-0.2, 0) is 14.8 Å². The zero-order chi connectivity index (χ0) is 22.6. The summed E-state index contributed by atoms with van der Waals surface area (Å²) < 4.78 is 53.1. The van der Waals surface area contributed by atoms with Crippen molar-refractivity contribution in [1.82, 2.24) is 4.72 Å². The number of para-hydroxylation sites is 1. The molecule has 8 nitrogen and oxygen atoms in total. The molecule has 2 aromatic rings. The number of ether oxygens (including phenoxy) is 2. The number of hydrogen-bond acceptors (Lipinski definition) is 6. The number of hydrogen-bond donors (Lipinski definition) is 2. The Morgan fingerprint density at radius 2 is 1.78 bits per heavy atom. The number of rotatable bonds is 7. The molecule has 4 rings (SSSR count). The maximum Gasteiger partial charge on any atom is 0.240 e. The number of fused-ring (bicyclic) bond motifs is 1. The summed E-state index contributed by atoms with van der Waals surface area (Å²) in [6.45, 7) is 2.44. The molecular formula is C22H26FN3O5S. The summed E-state index contributed by atoms with van der Waals surface area (Å²) in [7, 11) is -3.85. The lowest BCUT2D eigenvalue weighted by Gasteiger charge is -2.22. The fourth-order valence-corrected chi connectivity index (χ4v) is 4.80. The van der Waals surface area contributed by atoms with Crippen molar-refractivity contribution in [2.24, 2.45) is 0 Å². The summed E-state index contributed by atoms with van der Waals surface area (Å²) in [4.78, 5) is 14.5. The molecule has 1 saturated heterocycles. The molecule has 10 heteroatoms. The molecule has 2 heterocycles. The number of amides is 1. The Morgan fingerprint density at radius 3 is 2.56 bits per heavy atom. The summed E-state index contributed by atoms with van der Waals surface area (Å²) in [6, 6.07) is 9.07. The van der Waals surface area contributed by atoms with Gasteiger partial charge in [-0.1, -0.05) is 6.07 Å². The maximum absolute atomic E-state index is 14.4. The minimum absolute atomic E-state index is 0.0209. The van der Waals surface area contributed by atoms with Crippen molar-refractivity contribution in [2.45, 2.75) is 30.6 Å². The van der Waals surface area contributed by atoms with Crippen molar-refractivity contribution in [2.75, 3.05) is 43.1 Å². The third-order valence-corrected chi connectivity index (χ3v) is 6.83. The molecule has 1 fully saturated rings. The Balaban J connectivity index is 1.37. The van der Waals surface area contributed by atoms with Crippen molar-refractivity contribution in [3.05, 3.63) is 42.2 Å². The number of anilines is 2. The van der Waals surface area contributed by atoms with Gasteiger partial charge in [-0.15, -0.1) is 0 Å². The molecule has 0 spiro atoms. The molecular weight excluding hydrogens is 437 g/mol. The van der Waals surface area contributed by atoms with Crippen molar-refractivity contribution >= 4 is 27.3 Å². The molecule has 172 valence electrons. The Morgan fingerprint density at radius 1 is 1.03 bits per heavy atom. The topological polar surface area (TPSA) is 97.0 Å². The average Bonchev–Trinajstić information content (AvgIpc) is 3.20. The van der Waals surface area contributed by atoms with Crippen molar-refractivity contribution < 1.29 is 27.1 Å². The lowest BCUT2D eigenvalue weighted by Crippen LogP contribution is -2.28. The van der Waals surface area contributed by atoms with E-state index in [0.29, 0.717) is 36.8 Å². The quantitative estimate of drug-likeness (QED) is 0.656. The standard InChI is InChI=1S/C22H26FN3O5S/c23-17-5-3-6-18(26-11-1-2-12-26)22(17)25-21(27)9-10-24-32(28,29)16-7-8-19-20(15-16)31-14-4-13-30-19/h3,5-8,15,24H,1-2,4,9-14H2,(H,25,27). The second kappa shape index (κ2) is 9.74. The van der Waals surface area contributed by atoms with Crippen LogP contribution < -0.4 is 24.4 Å². The molecule has 32 heavy (non-hydrogen) atoms. The highest BCUT2D eigenvalue weighted by Gasteiger charge is 2.21. The molecule has 0 unspecified atom stereocenters. The Kier molecular flexibility index (Phi) is 6.80. The monoisotopic (exact) mass is 463 g/mol. The lowest BCUT2D eigenvalue weighted by atomic mass is 10.2. The number of nitrogens with zero attached hydrogens (tertiary/aromatic N) is 1. The van der Waals surface area contributed by atoms with Gasteiger partial charge < -0.3 is 19.7 Å². The van der Waals surface area contributed by atoms with Crippen LogP contribution in [0.15, 0.2) is 41.3 Å². The van der Waals surface area contributed by atoms with Gasteiger partial charge in [0.25, 0.3) is 0 Å². The van der Waals surface area contributed by atoms with Crippen LogP contribution in [0.2, 0.25) is 0 Å². The number of sulfonamides is 1. The van der Waals surface area contributed by atoms with Crippen LogP contribution in [0, 0.1) is 5.82 Å². The number of carbonyl (C=O) groups is 1. The number of benzene rings is 2. The molecule has 0 aliphatic carbocycles. The van der Waals surface area contributed by atoms with Crippen molar-refractivity contribution in [3.8, 4) is 11.5 Å². The maximum atomic E-state index is 14.4. The first-order valence-corrected chi connectivity index (χ1v) is 12.1. The van der Waals surface area contributed by atoms with Crippen molar-refractivity contribution in [3.63, 3.8) is 0 Å². The van der Waals surface area contributed by atoms with Crippen LogP contribution in [0.3, 0.4) is 0 Å². The molecule has 0 saturated carbocycles. The SMILES string of the molecule is O=C(CCNS(=O)(=O)c1ccc2c(c1)OCCCO2)Nc1c(F)cccc1N1CCCC1. The van der Waals surface area contributed by atoms with Gasteiger partial charge in [-0.3, -0.25) is 4.79 Å². The molecule has 0 aromatic heterocycles. The second-order valence-corrected chi connectivity index (χ2v) is 9.45. The highest BCUT2D eigenvalue weighted by atomic mass is 32.2. The lowest BCUT2D eigenvalue weighted by molar-refractivity contribution is -0.116. The molecule has 2 aliphatic heterocycles. The van der Waals surface area contributed by atoms with E-state index in [0.717, 1.165) is 25.9 Å². The van der Waals surface area contributed by atoms with Gasteiger partial charge in [-0.05, 0) is 37.1 Å². The van der Waals surface area contributed by atoms with Gasteiger partial charge in [-0.25, -0.2) is 17.5 Å². The van der Waals surface area contributed by atoms with E-state index in [-0.39, 0.29) is 23.5 Å². The normalized spacial score (nSPS) is 16.0. The Bertz CT molecular complexity index is 1090. The van der Waals surface area contributed by atoms with Gasteiger partial charge in [0, 0.05) is 38.5 Å². The van der Waals surface area contributed by atoms with Crippen LogP contribution in [0.1, 0.15) is 25.7 Å². The second-order valence-electron chi connectivity index (χ2n) is 7.68. The molecule has 2 aromatic carbocycles. The minimum atomic E-state index is -3.85. The predicted octanol–water partition coefficient (Wildman–Crippen LogP) is 2.89. The minimum Gasteiger partial charge on any atom is -0.490 e. The first-order valence-electron chi connectivity index (χ1n) is 10.7. The smallest absolute Gasteiger partial charge is 0.240 e. The van der Waals surface area contributed by atoms with Crippen LogP contribution in [0.5, 0.6) is 11.5 Å². The van der Waals surface area contributed by atoms with Gasteiger partial charge in [-0.2, -0.15) is 0 Å². The van der Waals surface area contributed by atoms with E-state index >= 15 is 0 Å². The first-order chi connectivity index (χ1) is 15.4. The van der Waals surface area contributed by atoms with E-state index in [2.05, 4.69) is 10.0 Å². The average molecular weight is 464 g/mol. The van der Waals surface area contributed by atoms with Gasteiger partial charge in [0.15, 0.2) is 11.5 Å². The zero-order valence-corrected chi connectivity index (χ0v) is 18.4. The zero-order valence-electron chi connectivity index (χ0n) is 17.6. The van der Waals surface area contributed by atoms with E-state index < -0.39 is 21.7 Å². The molecule has 2 N–H and O–H groups in total. The molecule has 0 bridgehead atoms.